The van der Waals surface area contributed by atoms with Gasteiger partial charge in [-0.15, -0.1) is 0 Å². The number of hydrogen-bond donors (Lipinski definition) is 0. The van der Waals surface area contributed by atoms with Crippen LogP contribution in [0.2, 0.25) is 0 Å². The van der Waals surface area contributed by atoms with Crippen molar-refractivity contribution in [2.45, 2.75) is 0 Å². The summed E-state index contributed by atoms with van der Waals surface area (Å²) in [6.07, 6.45) is 0. The molecule has 2 nitrogen and oxygen atoms in total. The predicted molar refractivity (Wildman–Crippen MR) is 237 cm³/mol. The van der Waals surface area contributed by atoms with Crippen LogP contribution in [0.15, 0.2) is 230 Å². The molecule has 10 rings (SSSR count). The second-order valence-corrected chi connectivity index (χ2v) is 13.9. The fraction of sp³-hybridized carbons (Fsp3) is 0. The fourth-order valence-corrected chi connectivity index (χ4v) is 7.78. The largest absolute Gasteiger partial charge is 0.311 e. The molecule has 56 heavy (non-hydrogen) atoms. The van der Waals surface area contributed by atoms with Crippen LogP contribution in [0.5, 0.6) is 0 Å². The molecule has 0 N–H and O–H groups in total. The minimum Gasteiger partial charge on any atom is -0.311 e. The van der Waals surface area contributed by atoms with Crippen LogP contribution < -0.4 is 4.90 Å². The quantitative estimate of drug-likeness (QED) is 0.152. The molecule has 0 fully saturated rings. The third kappa shape index (κ3) is 6.14. The second kappa shape index (κ2) is 14.4. The van der Waals surface area contributed by atoms with Crippen LogP contribution in [0.3, 0.4) is 0 Å². The number of rotatable bonds is 8. The lowest BCUT2D eigenvalue weighted by molar-refractivity contribution is 1.18. The van der Waals surface area contributed by atoms with Gasteiger partial charge in [-0.05, 0) is 111 Å². The first-order chi connectivity index (χ1) is 29.5. The topological polar surface area (TPSA) is 8.17 Å². The van der Waals surface area contributed by atoms with Crippen LogP contribution in [-0.4, -0.2) is 4.57 Å². The predicted octanol–water partition coefficient (Wildman–Crippen LogP) is 14.9. The van der Waals surface area contributed by atoms with Gasteiger partial charge in [-0.1, -0.05) is 164 Å². The summed E-state index contributed by atoms with van der Waals surface area (Å²) in [7, 11) is 0. The van der Waals surface area contributed by atoms with Crippen molar-refractivity contribution in [3.63, 3.8) is 0 Å². The molecule has 0 bridgehead atoms. The molecule has 0 saturated heterocycles. The zero-order valence-corrected chi connectivity index (χ0v) is 30.5. The molecule has 9 aromatic carbocycles. The third-order valence-corrected chi connectivity index (χ3v) is 10.5. The summed E-state index contributed by atoms with van der Waals surface area (Å²) < 4.78 is 40.5. The van der Waals surface area contributed by atoms with E-state index in [1.165, 1.54) is 0 Å². The first-order valence-electron chi connectivity index (χ1n) is 20.9. The van der Waals surface area contributed by atoms with E-state index in [1.807, 2.05) is 138 Å². The molecule has 0 aliphatic heterocycles. The molecule has 1 heterocycles. The first-order valence-corrected chi connectivity index (χ1v) is 18.9. The maximum Gasteiger partial charge on any atom is 0.0645 e. The SMILES string of the molecule is [2H]c1c([2H])c(N(c2ccc(-c3ccccc3)cc2)c2ccc(-c3ccccc3-c3ccccc3)cc2)c([2H])c([2H])c1-c1ccc2c(c1)c1ccccc1n2-c1ccccc1. The van der Waals surface area contributed by atoms with Crippen molar-refractivity contribution in [3.05, 3.63) is 230 Å². The van der Waals surface area contributed by atoms with Crippen LogP contribution in [0.1, 0.15) is 5.48 Å². The Morgan fingerprint density at radius 3 is 1.43 bits per heavy atom. The standard InChI is InChI=1S/C54H38N2/c1-4-14-39(15-5-1)40-24-31-46(32-25-40)55(48-35-28-43(29-36-48)50-21-11-10-20-49(50)42-16-6-2-7-17-42)47-33-26-41(27-34-47)44-30-37-54-52(38-44)51-22-12-13-23-53(51)56(54)45-18-8-3-9-19-45/h1-38H/i26D,27D,33D,34D. The Labute approximate surface area is 333 Å². The zero-order chi connectivity index (χ0) is 40.7. The van der Waals surface area contributed by atoms with Gasteiger partial charge in [-0.25, -0.2) is 0 Å². The molecular weight excluding hydrogens is 677 g/mol. The highest BCUT2D eigenvalue weighted by molar-refractivity contribution is 6.10. The molecule has 1 aromatic heterocycles. The molecule has 0 aliphatic carbocycles. The van der Waals surface area contributed by atoms with E-state index >= 15 is 0 Å². The summed E-state index contributed by atoms with van der Waals surface area (Å²) >= 11 is 0. The fourth-order valence-electron chi connectivity index (χ4n) is 7.78. The van der Waals surface area contributed by atoms with E-state index in [4.69, 9.17) is 0 Å². The van der Waals surface area contributed by atoms with Crippen molar-refractivity contribution in [2.75, 3.05) is 4.90 Å². The van der Waals surface area contributed by atoms with Gasteiger partial charge in [0.05, 0.1) is 16.5 Å². The Kier molecular flexibility index (Phi) is 7.47. The Morgan fingerprint density at radius 1 is 0.321 bits per heavy atom. The summed E-state index contributed by atoms with van der Waals surface area (Å²) in [5.41, 5.74) is 12.1. The molecule has 0 aliphatic rings. The van der Waals surface area contributed by atoms with Gasteiger partial charge in [0.1, 0.15) is 0 Å². The highest BCUT2D eigenvalue weighted by atomic mass is 15.1. The molecule has 0 atom stereocenters. The maximum absolute atomic E-state index is 9.60. The number of hydrogen-bond acceptors (Lipinski definition) is 1. The van der Waals surface area contributed by atoms with Crippen molar-refractivity contribution < 1.29 is 5.48 Å². The maximum atomic E-state index is 9.60. The van der Waals surface area contributed by atoms with Gasteiger partial charge in [0.2, 0.25) is 0 Å². The zero-order valence-electron chi connectivity index (χ0n) is 34.5. The molecule has 264 valence electrons. The van der Waals surface area contributed by atoms with Crippen LogP contribution in [0.25, 0.3) is 72.0 Å². The average Bonchev–Trinajstić information content (AvgIpc) is 3.64. The summed E-state index contributed by atoms with van der Waals surface area (Å²) in [6.45, 7) is 0. The van der Waals surface area contributed by atoms with E-state index in [0.717, 1.165) is 66.6 Å². The van der Waals surface area contributed by atoms with E-state index in [0.29, 0.717) is 11.3 Å². The van der Waals surface area contributed by atoms with Gasteiger partial charge in [-0.2, -0.15) is 0 Å². The highest BCUT2D eigenvalue weighted by Gasteiger charge is 2.16. The molecule has 0 spiro atoms. The second-order valence-electron chi connectivity index (χ2n) is 13.9. The van der Waals surface area contributed by atoms with Crippen molar-refractivity contribution in [2.24, 2.45) is 0 Å². The molecule has 0 unspecified atom stereocenters. The van der Waals surface area contributed by atoms with E-state index < -0.39 is 0 Å². The van der Waals surface area contributed by atoms with E-state index in [2.05, 4.69) is 77.4 Å². The van der Waals surface area contributed by atoms with E-state index in [1.54, 1.807) is 0 Å². The normalized spacial score (nSPS) is 12.2. The van der Waals surface area contributed by atoms with Crippen LogP contribution >= 0.6 is 0 Å². The lowest BCUT2D eigenvalue weighted by atomic mass is 9.94. The average molecular weight is 719 g/mol. The lowest BCUT2D eigenvalue weighted by Crippen LogP contribution is -2.09. The first kappa shape index (κ1) is 29.0. The van der Waals surface area contributed by atoms with Gasteiger partial charge in [0.25, 0.3) is 0 Å². The van der Waals surface area contributed by atoms with Gasteiger partial charge in [0, 0.05) is 33.5 Å². The van der Waals surface area contributed by atoms with Crippen molar-refractivity contribution >= 4 is 38.9 Å². The van der Waals surface area contributed by atoms with E-state index in [9.17, 15) is 5.48 Å². The van der Waals surface area contributed by atoms with Gasteiger partial charge >= 0.3 is 0 Å². The van der Waals surface area contributed by atoms with Crippen LogP contribution in [0.4, 0.5) is 17.1 Å². The number of anilines is 3. The smallest absolute Gasteiger partial charge is 0.0645 e. The van der Waals surface area contributed by atoms with Gasteiger partial charge < -0.3 is 9.47 Å². The summed E-state index contributed by atoms with van der Waals surface area (Å²) in [5, 5.41) is 2.02. The minimum absolute atomic E-state index is 0.100. The number of aromatic nitrogens is 1. The molecular formula is C54H38N2. The number of para-hydroxylation sites is 2. The Bertz CT molecular complexity index is 3130. The van der Waals surface area contributed by atoms with Gasteiger partial charge in [-0.3, -0.25) is 0 Å². The van der Waals surface area contributed by atoms with E-state index in [-0.39, 0.29) is 35.4 Å². The lowest BCUT2D eigenvalue weighted by Gasteiger charge is -2.26. The Hall–Kier alpha value is -7.42. The molecule has 10 aromatic rings. The molecule has 0 saturated carbocycles. The van der Waals surface area contributed by atoms with Gasteiger partial charge in [0.15, 0.2) is 0 Å². The third-order valence-electron chi connectivity index (χ3n) is 10.5. The number of fused-ring (bicyclic) bond motifs is 3. The summed E-state index contributed by atoms with van der Waals surface area (Å²) in [4.78, 5) is 1.85. The van der Waals surface area contributed by atoms with Crippen LogP contribution in [-0.2, 0) is 0 Å². The molecule has 0 amide bonds. The van der Waals surface area contributed by atoms with Crippen molar-refractivity contribution in [1.82, 2.24) is 4.57 Å². The number of benzene rings is 9. The van der Waals surface area contributed by atoms with Crippen molar-refractivity contribution in [1.29, 1.82) is 0 Å². The number of nitrogens with zero attached hydrogens (tertiary/aromatic N) is 2. The molecule has 0 radical (unpaired) electrons. The summed E-state index contributed by atoms with van der Waals surface area (Å²) in [6, 6.07) is 68.9. The monoisotopic (exact) mass is 718 g/mol. The Balaban J connectivity index is 1.11. The minimum atomic E-state index is -0.122. The molecule has 2 heteroatoms. The summed E-state index contributed by atoms with van der Waals surface area (Å²) in [5.74, 6) is 0. The van der Waals surface area contributed by atoms with Crippen LogP contribution in [0, 0.1) is 0 Å². The Morgan fingerprint density at radius 2 is 0.786 bits per heavy atom. The van der Waals surface area contributed by atoms with Crippen molar-refractivity contribution in [3.8, 4) is 50.2 Å². The highest BCUT2D eigenvalue weighted by Crippen LogP contribution is 2.40.